The molecule has 1 aromatic heterocycles. The van der Waals surface area contributed by atoms with Gasteiger partial charge in [-0.3, -0.25) is 0 Å². The van der Waals surface area contributed by atoms with Gasteiger partial charge >= 0.3 is 0 Å². The SMILES string of the molecule is C=C(C)C(NCCC)c1cc(Br)cs1. The van der Waals surface area contributed by atoms with E-state index in [1.54, 1.807) is 11.3 Å². The first kappa shape index (κ1) is 12.0. The maximum atomic E-state index is 4.02. The van der Waals surface area contributed by atoms with E-state index in [1.165, 1.54) is 10.5 Å². The predicted octanol–water partition coefficient (Wildman–Crippen LogP) is 4.13. The van der Waals surface area contributed by atoms with E-state index < -0.39 is 0 Å². The van der Waals surface area contributed by atoms with E-state index >= 15 is 0 Å². The van der Waals surface area contributed by atoms with Crippen LogP contribution in [-0.4, -0.2) is 6.54 Å². The number of halogens is 1. The summed E-state index contributed by atoms with van der Waals surface area (Å²) in [6.45, 7) is 9.30. The molecule has 0 radical (unpaired) electrons. The van der Waals surface area contributed by atoms with Gasteiger partial charge in [-0.15, -0.1) is 11.3 Å². The largest absolute Gasteiger partial charge is 0.306 e. The zero-order valence-corrected chi connectivity index (χ0v) is 11.0. The lowest BCUT2D eigenvalue weighted by molar-refractivity contribution is 0.598. The molecule has 14 heavy (non-hydrogen) atoms. The Labute approximate surface area is 98.4 Å². The summed E-state index contributed by atoms with van der Waals surface area (Å²) in [5.74, 6) is 0. The third-order valence-corrected chi connectivity index (χ3v) is 3.72. The molecule has 0 spiro atoms. The molecule has 0 aliphatic rings. The molecule has 1 atom stereocenters. The molecule has 0 aliphatic carbocycles. The van der Waals surface area contributed by atoms with Gasteiger partial charge in [-0.2, -0.15) is 0 Å². The van der Waals surface area contributed by atoms with Gasteiger partial charge in [0.15, 0.2) is 0 Å². The van der Waals surface area contributed by atoms with E-state index in [0.29, 0.717) is 6.04 Å². The van der Waals surface area contributed by atoms with Gasteiger partial charge in [-0.05, 0) is 41.9 Å². The van der Waals surface area contributed by atoms with Crippen molar-refractivity contribution in [2.24, 2.45) is 0 Å². The minimum Gasteiger partial charge on any atom is -0.306 e. The van der Waals surface area contributed by atoms with E-state index in [1.807, 2.05) is 0 Å². The van der Waals surface area contributed by atoms with Crippen molar-refractivity contribution in [2.75, 3.05) is 6.54 Å². The van der Waals surface area contributed by atoms with E-state index in [9.17, 15) is 0 Å². The average molecular weight is 274 g/mol. The number of thiophene rings is 1. The van der Waals surface area contributed by atoms with Crippen LogP contribution in [0.4, 0.5) is 0 Å². The van der Waals surface area contributed by atoms with Gasteiger partial charge in [0.05, 0.1) is 6.04 Å². The van der Waals surface area contributed by atoms with Crippen LogP contribution in [0.3, 0.4) is 0 Å². The van der Waals surface area contributed by atoms with Crippen LogP contribution in [0.5, 0.6) is 0 Å². The molecule has 0 amide bonds. The van der Waals surface area contributed by atoms with Gasteiger partial charge in [0.25, 0.3) is 0 Å². The molecule has 0 fully saturated rings. The first-order valence-electron chi connectivity index (χ1n) is 4.78. The summed E-state index contributed by atoms with van der Waals surface area (Å²) in [5, 5.41) is 5.60. The zero-order valence-electron chi connectivity index (χ0n) is 8.64. The Hall–Kier alpha value is -0.120. The van der Waals surface area contributed by atoms with E-state index in [4.69, 9.17) is 0 Å². The molecule has 1 rings (SSSR count). The summed E-state index contributed by atoms with van der Waals surface area (Å²) < 4.78 is 1.15. The molecular weight excluding hydrogens is 258 g/mol. The van der Waals surface area contributed by atoms with Crippen molar-refractivity contribution in [2.45, 2.75) is 26.3 Å². The molecule has 0 bridgehead atoms. The van der Waals surface area contributed by atoms with Crippen molar-refractivity contribution >= 4 is 27.3 Å². The average Bonchev–Trinajstić information content (AvgIpc) is 2.52. The van der Waals surface area contributed by atoms with E-state index in [2.05, 4.69) is 53.1 Å². The predicted molar refractivity (Wildman–Crippen MR) is 67.9 cm³/mol. The van der Waals surface area contributed by atoms with Crippen molar-refractivity contribution in [3.63, 3.8) is 0 Å². The second-order valence-corrected chi connectivity index (χ2v) is 5.26. The summed E-state index contributed by atoms with van der Waals surface area (Å²) in [7, 11) is 0. The zero-order chi connectivity index (χ0) is 10.6. The Morgan fingerprint density at radius 2 is 2.43 bits per heavy atom. The number of nitrogens with one attached hydrogen (secondary N) is 1. The van der Waals surface area contributed by atoms with Crippen LogP contribution < -0.4 is 5.32 Å². The maximum Gasteiger partial charge on any atom is 0.0625 e. The lowest BCUT2D eigenvalue weighted by Gasteiger charge is -2.16. The van der Waals surface area contributed by atoms with Crippen LogP contribution in [-0.2, 0) is 0 Å². The monoisotopic (exact) mass is 273 g/mol. The number of hydrogen-bond donors (Lipinski definition) is 1. The van der Waals surface area contributed by atoms with Gasteiger partial charge in [0.1, 0.15) is 0 Å². The fraction of sp³-hybridized carbons (Fsp3) is 0.455. The van der Waals surface area contributed by atoms with Crippen LogP contribution in [0.1, 0.15) is 31.2 Å². The fourth-order valence-corrected chi connectivity index (χ4v) is 2.90. The maximum absolute atomic E-state index is 4.02. The van der Waals surface area contributed by atoms with Gasteiger partial charge in [0.2, 0.25) is 0 Å². The Kier molecular flexibility index (Phi) is 4.85. The lowest BCUT2D eigenvalue weighted by atomic mass is 10.1. The molecule has 1 N–H and O–H groups in total. The summed E-state index contributed by atoms with van der Waals surface area (Å²) in [6, 6.07) is 2.47. The first-order chi connectivity index (χ1) is 6.65. The van der Waals surface area contributed by atoms with Gasteiger partial charge < -0.3 is 5.32 Å². The van der Waals surface area contributed by atoms with Gasteiger partial charge in [-0.1, -0.05) is 19.1 Å². The summed E-state index contributed by atoms with van der Waals surface area (Å²) in [5.41, 5.74) is 1.17. The van der Waals surface area contributed by atoms with Crippen LogP contribution in [0.2, 0.25) is 0 Å². The fourth-order valence-electron chi connectivity index (χ4n) is 1.29. The quantitative estimate of drug-likeness (QED) is 0.796. The molecule has 0 saturated carbocycles. The molecule has 0 aromatic carbocycles. The van der Waals surface area contributed by atoms with Crippen molar-refractivity contribution in [1.82, 2.24) is 5.32 Å². The highest BCUT2D eigenvalue weighted by atomic mass is 79.9. The standard InChI is InChI=1S/C11H16BrNS/c1-4-5-13-11(8(2)3)10-6-9(12)7-14-10/h6-7,11,13H,2,4-5H2,1,3H3. The summed E-state index contributed by atoms with van der Waals surface area (Å²) in [6.07, 6.45) is 1.15. The Bertz CT molecular complexity index is 306. The van der Waals surface area contributed by atoms with Crippen LogP contribution in [0, 0.1) is 0 Å². The van der Waals surface area contributed by atoms with Crippen LogP contribution in [0.15, 0.2) is 28.1 Å². The molecule has 1 heterocycles. The van der Waals surface area contributed by atoms with Crippen LogP contribution >= 0.6 is 27.3 Å². The molecule has 1 aromatic rings. The molecular formula is C11H16BrNS. The van der Waals surface area contributed by atoms with Gasteiger partial charge in [0, 0.05) is 14.7 Å². The second-order valence-electron chi connectivity index (χ2n) is 3.40. The first-order valence-corrected chi connectivity index (χ1v) is 6.45. The topological polar surface area (TPSA) is 12.0 Å². The second kappa shape index (κ2) is 5.69. The third-order valence-electron chi connectivity index (χ3n) is 1.96. The van der Waals surface area contributed by atoms with Crippen molar-refractivity contribution in [3.8, 4) is 0 Å². The highest BCUT2D eigenvalue weighted by molar-refractivity contribution is 9.10. The Morgan fingerprint density at radius 1 is 1.71 bits per heavy atom. The highest BCUT2D eigenvalue weighted by Gasteiger charge is 2.12. The Morgan fingerprint density at radius 3 is 2.86 bits per heavy atom. The van der Waals surface area contributed by atoms with Crippen molar-refractivity contribution in [1.29, 1.82) is 0 Å². The minimum absolute atomic E-state index is 0.311. The van der Waals surface area contributed by atoms with Crippen molar-refractivity contribution in [3.05, 3.63) is 32.9 Å². The molecule has 0 aliphatic heterocycles. The Balaban J connectivity index is 2.72. The van der Waals surface area contributed by atoms with Gasteiger partial charge in [-0.25, -0.2) is 0 Å². The summed E-state index contributed by atoms with van der Waals surface area (Å²) in [4.78, 5) is 1.33. The molecule has 1 unspecified atom stereocenters. The third kappa shape index (κ3) is 3.23. The molecule has 78 valence electrons. The van der Waals surface area contributed by atoms with E-state index in [-0.39, 0.29) is 0 Å². The molecule has 3 heteroatoms. The molecule has 1 nitrogen and oxygen atoms in total. The number of hydrogen-bond acceptors (Lipinski definition) is 2. The number of rotatable bonds is 5. The van der Waals surface area contributed by atoms with Crippen molar-refractivity contribution < 1.29 is 0 Å². The molecule has 0 saturated heterocycles. The minimum atomic E-state index is 0.311. The van der Waals surface area contributed by atoms with Crippen LogP contribution in [0.25, 0.3) is 0 Å². The van der Waals surface area contributed by atoms with E-state index in [0.717, 1.165) is 17.4 Å². The normalized spacial score (nSPS) is 12.8. The smallest absolute Gasteiger partial charge is 0.0625 e. The highest BCUT2D eigenvalue weighted by Crippen LogP contribution is 2.29. The summed E-state index contributed by atoms with van der Waals surface area (Å²) >= 11 is 5.24. The lowest BCUT2D eigenvalue weighted by Crippen LogP contribution is -2.21.